The molecule has 0 aliphatic heterocycles. The summed E-state index contributed by atoms with van der Waals surface area (Å²) < 4.78 is 62.7. The van der Waals surface area contributed by atoms with Gasteiger partial charge in [0.05, 0.1) is 0 Å². The molecular formula is C6H7F5O. The number of alkyl halides is 4. The summed E-state index contributed by atoms with van der Waals surface area (Å²) in [5, 5.41) is 0. The summed E-state index contributed by atoms with van der Waals surface area (Å²) in [7, 11) is 0. The van der Waals surface area contributed by atoms with Crippen molar-refractivity contribution in [3.05, 3.63) is 12.4 Å². The molecule has 0 aromatic carbocycles. The Hall–Kier alpha value is -0.650. The topological polar surface area (TPSA) is 9.23 Å². The van der Waals surface area contributed by atoms with Crippen LogP contribution in [0.5, 0.6) is 0 Å². The maximum absolute atomic E-state index is 12.1. The molecule has 0 aromatic rings. The molecule has 0 fully saturated rings. The smallest absolute Gasteiger partial charge is 0.306 e. The van der Waals surface area contributed by atoms with E-state index in [1.807, 2.05) is 0 Å². The van der Waals surface area contributed by atoms with Gasteiger partial charge in [-0.2, -0.15) is 8.78 Å². The molecule has 0 radical (unpaired) electrons. The minimum absolute atomic E-state index is 0.710. The Morgan fingerprint density at radius 1 is 1.42 bits per heavy atom. The van der Waals surface area contributed by atoms with E-state index >= 15 is 0 Å². The van der Waals surface area contributed by atoms with Crippen molar-refractivity contribution >= 4 is 0 Å². The van der Waals surface area contributed by atoms with E-state index in [9.17, 15) is 22.0 Å². The van der Waals surface area contributed by atoms with Gasteiger partial charge in [-0.25, -0.2) is 13.2 Å². The lowest BCUT2D eigenvalue weighted by Gasteiger charge is -2.18. The summed E-state index contributed by atoms with van der Waals surface area (Å²) in [6, 6.07) is 0. The fourth-order valence-electron chi connectivity index (χ4n) is 0.349. The monoisotopic (exact) mass is 190 g/mol. The Labute approximate surface area is 65.8 Å². The third-order valence-corrected chi connectivity index (χ3v) is 1.00. The molecule has 0 rings (SSSR count). The fourth-order valence-corrected chi connectivity index (χ4v) is 0.349. The summed E-state index contributed by atoms with van der Waals surface area (Å²) in [5.41, 5.74) is 0. The Kier molecular flexibility index (Phi) is 3.63. The zero-order valence-electron chi connectivity index (χ0n) is 6.16. The molecule has 1 atom stereocenters. The maximum atomic E-state index is 12.1. The summed E-state index contributed by atoms with van der Waals surface area (Å²) >= 11 is 0. The van der Waals surface area contributed by atoms with Crippen LogP contribution in [0.3, 0.4) is 0 Å². The third kappa shape index (κ3) is 3.17. The predicted molar refractivity (Wildman–Crippen MR) is 31.7 cm³/mol. The number of halogens is 5. The zero-order valence-corrected chi connectivity index (χ0v) is 6.16. The van der Waals surface area contributed by atoms with Crippen molar-refractivity contribution < 1.29 is 26.7 Å². The molecule has 0 aromatic heterocycles. The molecule has 72 valence electrons. The van der Waals surface area contributed by atoms with Gasteiger partial charge in [-0.3, -0.25) is 0 Å². The minimum atomic E-state index is -4.34. The second-order valence-corrected chi connectivity index (χ2v) is 2.08. The van der Waals surface area contributed by atoms with Gasteiger partial charge in [0.25, 0.3) is 6.43 Å². The van der Waals surface area contributed by atoms with E-state index in [4.69, 9.17) is 0 Å². The van der Waals surface area contributed by atoms with Gasteiger partial charge in [0.1, 0.15) is 6.10 Å². The van der Waals surface area contributed by atoms with Gasteiger partial charge in [-0.05, 0) is 6.92 Å². The first-order chi connectivity index (χ1) is 5.27. The van der Waals surface area contributed by atoms with E-state index in [1.165, 1.54) is 0 Å². The van der Waals surface area contributed by atoms with Crippen molar-refractivity contribution in [2.75, 3.05) is 0 Å². The van der Waals surface area contributed by atoms with Crippen LogP contribution < -0.4 is 0 Å². The number of rotatable bonds is 4. The molecule has 0 saturated carbocycles. The summed E-state index contributed by atoms with van der Waals surface area (Å²) in [4.78, 5) is 0. The van der Waals surface area contributed by atoms with Crippen LogP contribution in [0.1, 0.15) is 6.92 Å². The van der Waals surface area contributed by atoms with Crippen LogP contribution >= 0.6 is 0 Å². The zero-order chi connectivity index (χ0) is 9.94. The Balaban J connectivity index is 4.15. The lowest BCUT2D eigenvalue weighted by Crippen LogP contribution is -2.30. The van der Waals surface area contributed by atoms with Crippen molar-refractivity contribution in [3.8, 4) is 0 Å². The Morgan fingerprint density at radius 2 is 1.83 bits per heavy atom. The molecule has 0 spiro atoms. The van der Waals surface area contributed by atoms with Crippen molar-refractivity contribution in [2.45, 2.75) is 25.6 Å². The van der Waals surface area contributed by atoms with E-state index in [0.717, 1.165) is 0 Å². The van der Waals surface area contributed by atoms with Crippen LogP contribution in [0.15, 0.2) is 12.4 Å². The van der Waals surface area contributed by atoms with Crippen molar-refractivity contribution in [3.63, 3.8) is 0 Å². The maximum Gasteiger partial charge on any atom is 0.409 e. The molecule has 1 nitrogen and oxygen atoms in total. The van der Waals surface area contributed by atoms with Gasteiger partial charge in [0, 0.05) is 0 Å². The van der Waals surface area contributed by atoms with E-state index in [-0.39, 0.29) is 0 Å². The van der Waals surface area contributed by atoms with Crippen molar-refractivity contribution in [2.24, 2.45) is 0 Å². The van der Waals surface area contributed by atoms with Gasteiger partial charge >= 0.3 is 6.11 Å². The van der Waals surface area contributed by atoms with Crippen LogP contribution in [-0.2, 0) is 4.74 Å². The average Bonchev–Trinajstić information content (AvgIpc) is 1.85. The van der Waals surface area contributed by atoms with Crippen LogP contribution in [0.2, 0.25) is 0 Å². The van der Waals surface area contributed by atoms with Crippen LogP contribution in [0.25, 0.3) is 0 Å². The van der Waals surface area contributed by atoms with E-state index in [0.29, 0.717) is 6.92 Å². The van der Waals surface area contributed by atoms with E-state index < -0.39 is 24.5 Å². The molecule has 1 unspecified atom stereocenters. The predicted octanol–water partition coefficient (Wildman–Crippen LogP) is 2.73. The van der Waals surface area contributed by atoms with Crippen LogP contribution in [0, 0.1) is 0 Å². The normalized spacial score (nSPS) is 14.9. The van der Waals surface area contributed by atoms with Crippen molar-refractivity contribution in [1.82, 2.24) is 0 Å². The molecule has 0 amide bonds. The molecule has 0 aliphatic carbocycles. The first-order valence-electron chi connectivity index (χ1n) is 2.96. The molecule has 0 bridgehead atoms. The fraction of sp³-hybridized carbons (Fsp3) is 0.667. The second kappa shape index (κ2) is 3.84. The summed E-state index contributed by atoms with van der Waals surface area (Å²) in [6.07, 6.45) is -9.46. The molecule has 0 heterocycles. The highest BCUT2D eigenvalue weighted by molar-refractivity contribution is 4.91. The minimum Gasteiger partial charge on any atom is -0.306 e. The molecule has 6 heteroatoms. The molecule has 0 saturated heterocycles. The first kappa shape index (κ1) is 11.4. The molecular weight excluding hydrogens is 183 g/mol. The standard InChI is InChI=1S/C6H7F5O/c1-3(5(8)9)12-6(10,11)4(2)7/h3,5H,2H2,1H3. The van der Waals surface area contributed by atoms with Crippen LogP contribution in [-0.4, -0.2) is 18.6 Å². The SMILES string of the molecule is C=C(F)C(F)(F)OC(C)C(F)F. The lowest BCUT2D eigenvalue weighted by molar-refractivity contribution is -0.260. The van der Waals surface area contributed by atoms with E-state index in [1.54, 1.807) is 0 Å². The average molecular weight is 190 g/mol. The van der Waals surface area contributed by atoms with Gasteiger partial charge in [0.15, 0.2) is 5.83 Å². The van der Waals surface area contributed by atoms with Gasteiger partial charge in [0.2, 0.25) is 0 Å². The van der Waals surface area contributed by atoms with Gasteiger partial charge < -0.3 is 4.74 Å². The summed E-state index contributed by atoms with van der Waals surface area (Å²) in [6.45, 7) is 2.96. The quantitative estimate of drug-likeness (QED) is 0.619. The van der Waals surface area contributed by atoms with E-state index in [2.05, 4.69) is 11.3 Å². The summed E-state index contributed by atoms with van der Waals surface area (Å²) in [5.74, 6) is -2.09. The molecule has 0 aliphatic rings. The highest BCUT2D eigenvalue weighted by atomic mass is 19.3. The van der Waals surface area contributed by atoms with Crippen LogP contribution in [0.4, 0.5) is 22.0 Å². The highest BCUT2D eigenvalue weighted by Gasteiger charge is 2.39. The number of ether oxygens (including phenoxy) is 1. The number of hydrogen-bond donors (Lipinski definition) is 0. The molecule has 0 N–H and O–H groups in total. The largest absolute Gasteiger partial charge is 0.409 e. The molecule has 12 heavy (non-hydrogen) atoms. The van der Waals surface area contributed by atoms with Crippen molar-refractivity contribution in [1.29, 1.82) is 0 Å². The third-order valence-electron chi connectivity index (χ3n) is 1.00. The Morgan fingerprint density at radius 3 is 2.08 bits per heavy atom. The highest BCUT2D eigenvalue weighted by Crippen LogP contribution is 2.27. The number of hydrogen-bond acceptors (Lipinski definition) is 1. The first-order valence-corrected chi connectivity index (χ1v) is 2.96. The lowest BCUT2D eigenvalue weighted by atomic mass is 10.4. The van der Waals surface area contributed by atoms with Gasteiger partial charge in [-0.1, -0.05) is 6.58 Å². The Bertz CT molecular complexity index is 167. The van der Waals surface area contributed by atoms with Gasteiger partial charge in [-0.15, -0.1) is 0 Å². The second-order valence-electron chi connectivity index (χ2n) is 2.08.